The second-order valence-corrected chi connectivity index (χ2v) is 5.51. The quantitative estimate of drug-likeness (QED) is 0.678. The third-order valence-electron chi connectivity index (χ3n) is 2.94. The summed E-state index contributed by atoms with van der Waals surface area (Å²) >= 11 is 1.43. The molecule has 21 heavy (non-hydrogen) atoms. The van der Waals surface area contributed by atoms with Gasteiger partial charge in [-0.25, -0.2) is 4.79 Å². The van der Waals surface area contributed by atoms with Gasteiger partial charge in [-0.2, -0.15) is 0 Å². The number of hydrogen-bond donors (Lipinski definition) is 0. The van der Waals surface area contributed by atoms with Gasteiger partial charge in [0.15, 0.2) is 0 Å². The topological polar surface area (TPSA) is 39.2 Å². The predicted octanol–water partition coefficient (Wildman–Crippen LogP) is 4.17. The number of rotatable bonds is 4. The van der Waals surface area contributed by atoms with Gasteiger partial charge in [0.2, 0.25) is 0 Å². The molecular formula is C17H13NO2S. The molecule has 0 bridgehead atoms. The molecule has 3 nitrogen and oxygen atoms in total. The molecule has 0 aliphatic carbocycles. The maximum atomic E-state index is 12.0. The summed E-state index contributed by atoms with van der Waals surface area (Å²) in [4.78, 5) is 17.8. The molecule has 3 rings (SSSR count). The number of hydrogen-bond acceptors (Lipinski definition) is 4. The monoisotopic (exact) mass is 295 g/mol. The average molecular weight is 295 g/mol. The Morgan fingerprint density at radius 1 is 1.00 bits per heavy atom. The SMILES string of the molecule is O=C(OCc1ccccn1)c1ccc(-c2ccccc2)s1. The molecular weight excluding hydrogens is 282 g/mol. The summed E-state index contributed by atoms with van der Waals surface area (Å²) in [6.07, 6.45) is 1.68. The normalized spacial score (nSPS) is 10.3. The van der Waals surface area contributed by atoms with Gasteiger partial charge in [-0.1, -0.05) is 36.4 Å². The zero-order valence-electron chi connectivity index (χ0n) is 11.2. The number of nitrogens with zero attached hydrogens (tertiary/aromatic N) is 1. The molecule has 0 aliphatic heterocycles. The first-order chi connectivity index (χ1) is 10.3. The van der Waals surface area contributed by atoms with E-state index in [1.807, 2.05) is 54.6 Å². The molecule has 4 heteroatoms. The molecule has 0 unspecified atom stereocenters. The van der Waals surface area contributed by atoms with E-state index in [2.05, 4.69) is 4.98 Å². The Labute approximate surface area is 126 Å². The van der Waals surface area contributed by atoms with Crippen molar-refractivity contribution in [2.24, 2.45) is 0 Å². The Morgan fingerprint density at radius 3 is 2.57 bits per heavy atom. The molecule has 0 radical (unpaired) electrons. The third-order valence-corrected chi connectivity index (χ3v) is 4.06. The van der Waals surface area contributed by atoms with Crippen molar-refractivity contribution in [1.29, 1.82) is 0 Å². The van der Waals surface area contributed by atoms with Gasteiger partial charge in [0.05, 0.1) is 5.69 Å². The van der Waals surface area contributed by atoms with Gasteiger partial charge in [-0.05, 0) is 29.8 Å². The maximum Gasteiger partial charge on any atom is 0.348 e. The second kappa shape index (κ2) is 6.33. The van der Waals surface area contributed by atoms with Crippen LogP contribution in [0.4, 0.5) is 0 Å². The highest BCUT2D eigenvalue weighted by Gasteiger charge is 2.11. The lowest BCUT2D eigenvalue weighted by Gasteiger charge is -2.02. The van der Waals surface area contributed by atoms with E-state index in [0.717, 1.165) is 16.1 Å². The van der Waals surface area contributed by atoms with Crippen LogP contribution in [0.3, 0.4) is 0 Å². The molecule has 1 aromatic carbocycles. The molecule has 0 spiro atoms. The van der Waals surface area contributed by atoms with Crippen LogP contribution in [-0.2, 0) is 11.3 Å². The van der Waals surface area contributed by atoms with E-state index < -0.39 is 0 Å². The number of benzene rings is 1. The largest absolute Gasteiger partial charge is 0.455 e. The lowest BCUT2D eigenvalue weighted by Crippen LogP contribution is -2.03. The molecule has 0 saturated carbocycles. The summed E-state index contributed by atoms with van der Waals surface area (Å²) < 4.78 is 5.27. The molecule has 0 fully saturated rings. The number of carbonyl (C=O) groups is 1. The molecule has 0 aliphatic rings. The van der Waals surface area contributed by atoms with Gasteiger partial charge >= 0.3 is 5.97 Å². The molecule has 0 atom stereocenters. The minimum Gasteiger partial charge on any atom is -0.455 e. The number of ether oxygens (including phenoxy) is 1. The Bertz CT molecular complexity index is 723. The van der Waals surface area contributed by atoms with Crippen molar-refractivity contribution in [2.45, 2.75) is 6.61 Å². The van der Waals surface area contributed by atoms with Crippen LogP contribution in [0.2, 0.25) is 0 Å². The summed E-state index contributed by atoms with van der Waals surface area (Å²) in [5.74, 6) is -0.312. The predicted molar refractivity (Wildman–Crippen MR) is 83.1 cm³/mol. The highest BCUT2D eigenvalue weighted by molar-refractivity contribution is 7.17. The van der Waals surface area contributed by atoms with Crippen molar-refractivity contribution in [1.82, 2.24) is 4.98 Å². The molecule has 0 amide bonds. The zero-order chi connectivity index (χ0) is 14.5. The van der Waals surface area contributed by atoms with Gasteiger partial charge < -0.3 is 4.74 Å². The van der Waals surface area contributed by atoms with E-state index in [0.29, 0.717) is 4.88 Å². The minimum atomic E-state index is -0.312. The number of esters is 1. The van der Waals surface area contributed by atoms with Crippen LogP contribution in [0.1, 0.15) is 15.4 Å². The van der Waals surface area contributed by atoms with Crippen molar-refractivity contribution in [3.8, 4) is 10.4 Å². The highest BCUT2D eigenvalue weighted by atomic mass is 32.1. The minimum absolute atomic E-state index is 0.193. The lowest BCUT2D eigenvalue weighted by atomic mass is 10.2. The van der Waals surface area contributed by atoms with E-state index >= 15 is 0 Å². The number of carbonyl (C=O) groups excluding carboxylic acids is 1. The van der Waals surface area contributed by atoms with Crippen LogP contribution < -0.4 is 0 Å². The first kappa shape index (κ1) is 13.5. The van der Waals surface area contributed by atoms with Crippen LogP contribution in [-0.4, -0.2) is 11.0 Å². The standard InChI is InChI=1S/C17H13NO2S/c19-17(20-12-14-8-4-5-11-18-14)16-10-9-15(21-16)13-6-2-1-3-7-13/h1-11H,12H2. The summed E-state index contributed by atoms with van der Waals surface area (Å²) in [6, 6.07) is 19.2. The van der Waals surface area contributed by atoms with Crippen molar-refractivity contribution in [2.75, 3.05) is 0 Å². The fourth-order valence-corrected chi connectivity index (χ4v) is 2.80. The fraction of sp³-hybridized carbons (Fsp3) is 0.0588. The smallest absolute Gasteiger partial charge is 0.348 e. The lowest BCUT2D eigenvalue weighted by molar-refractivity contribution is 0.0473. The molecule has 3 aromatic rings. The van der Waals surface area contributed by atoms with E-state index in [9.17, 15) is 4.79 Å². The fourth-order valence-electron chi connectivity index (χ4n) is 1.90. The summed E-state index contributed by atoms with van der Waals surface area (Å²) in [5.41, 5.74) is 1.84. The first-order valence-corrected chi connectivity index (χ1v) is 7.37. The summed E-state index contributed by atoms with van der Waals surface area (Å²) in [5, 5.41) is 0. The van der Waals surface area contributed by atoms with Crippen molar-refractivity contribution >= 4 is 17.3 Å². The van der Waals surface area contributed by atoms with Gasteiger partial charge in [0, 0.05) is 11.1 Å². The molecule has 2 heterocycles. The second-order valence-electron chi connectivity index (χ2n) is 4.43. The number of aromatic nitrogens is 1. The van der Waals surface area contributed by atoms with Crippen LogP contribution in [0.25, 0.3) is 10.4 Å². The zero-order valence-corrected chi connectivity index (χ0v) is 12.0. The Kier molecular flexibility index (Phi) is 4.07. The summed E-state index contributed by atoms with van der Waals surface area (Å²) in [7, 11) is 0. The first-order valence-electron chi connectivity index (χ1n) is 6.55. The number of pyridine rings is 1. The molecule has 0 saturated heterocycles. The molecule has 2 aromatic heterocycles. The Hall–Kier alpha value is -2.46. The van der Waals surface area contributed by atoms with E-state index in [1.54, 1.807) is 12.3 Å². The molecule has 0 N–H and O–H groups in total. The highest BCUT2D eigenvalue weighted by Crippen LogP contribution is 2.28. The van der Waals surface area contributed by atoms with Crippen LogP contribution in [0.5, 0.6) is 0 Å². The Balaban J connectivity index is 1.67. The third kappa shape index (κ3) is 3.35. The average Bonchev–Trinajstić information content (AvgIpc) is 3.04. The van der Waals surface area contributed by atoms with Crippen molar-refractivity contribution in [3.63, 3.8) is 0 Å². The van der Waals surface area contributed by atoms with E-state index in [4.69, 9.17) is 4.74 Å². The van der Waals surface area contributed by atoms with Crippen molar-refractivity contribution < 1.29 is 9.53 Å². The maximum absolute atomic E-state index is 12.0. The van der Waals surface area contributed by atoms with Gasteiger partial charge in [-0.15, -0.1) is 11.3 Å². The van der Waals surface area contributed by atoms with Crippen LogP contribution in [0.15, 0.2) is 66.9 Å². The Morgan fingerprint density at radius 2 is 1.81 bits per heavy atom. The van der Waals surface area contributed by atoms with Gasteiger partial charge in [0.25, 0.3) is 0 Å². The van der Waals surface area contributed by atoms with Crippen molar-refractivity contribution in [3.05, 3.63) is 77.4 Å². The van der Waals surface area contributed by atoms with E-state index in [1.165, 1.54) is 11.3 Å². The molecule has 104 valence electrons. The van der Waals surface area contributed by atoms with Crippen LogP contribution >= 0.6 is 11.3 Å². The van der Waals surface area contributed by atoms with Gasteiger partial charge in [0.1, 0.15) is 11.5 Å². The van der Waals surface area contributed by atoms with E-state index in [-0.39, 0.29) is 12.6 Å². The summed E-state index contributed by atoms with van der Waals surface area (Å²) in [6.45, 7) is 0.193. The van der Waals surface area contributed by atoms with Gasteiger partial charge in [-0.3, -0.25) is 4.98 Å². The number of thiophene rings is 1. The van der Waals surface area contributed by atoms with Crippen LogP contribution in [0, 0.1) is 0 Å².